The number of nitrogens with one attached hydrogen (secondary N) is 1. The topological polar surface area (TPSA) is 47.6 Å². The van der Waals surface area contributed by atoms with Gasteiger partial charge in [0.25, 0.3) is 0 Å². The van der Waals surface area contributed by atoms with E-state index in [2.05, 4.69) is 5.32 Å². The monoisotopic (exact) mass is 353 g/mol. The fourth-order valence-corrected chi connectivity index (χ4v) is 4.23. The standard InChI is InChI=1S/C18H24FNO3S/c1-12(23-11-13-5-2-3-9-22-13)18(21)20-16-8-10-24-17-14(16)6-4-7-15(17)19/h4,6-7,12-13,16H,2-3,5,8-11H2,1H3,(H,20,21)/t12-,13+,16+/m0/s1. The van der Waals surface area contributed by atoms with Gasteiger partial charge in [-0.2, -0.15) is 0 Å². The van der Waals surface area contributed by atoms with Gasteiger partial charge in [-0.1, -0.05) is 12.1 Å². The van der Waals surface area contributed by atoms with Gasteiger partial charge in [-0.05, 0) is 44.2 Å². The molecule has 0 bridgehead atoms. The minimum atomic E-state index is -0.540. The number of ether oxygens (including phenoxy) is 2. The van der Waals surface area contributed by atoms with Gasteiger partial charge >= 0.3 is 0 Å². The lowest BCUT2D eigenvalue weighted by molar-refractivity contribution is -0.136. The molecule has 0 saturated carbocycles. The number of halogens is 1. The molecular weight excluding hydrogens is 329 g/mol. The predicted octanol–water partition coefficient (Wildman–Crippen LogP) is 3.45. The molecule has 4 nitrogen and oxygen atoms in total. The van der Waals surface area contributed by atoms with E-state index in [4.69, 9.17) is 9.47 Å². The number of carbonyl (C=O) groups excluding carboxylic acids is 1. The maximum absolute atomic E-state index is 13.9. The van der Waals surface area contributed by atoms with E-state index in [-0.39, 0.29) is 23.9 Å². The molecule has 24 heavy (non-hydrogen) atoms. The first-order valence-electron chi connectivity index (χ1n) is 8.60. The zero-order chi connectivity index (χ0) is 16.9. The molecule has 3 rings (SSSR count). The Labute approximate surface area is 146 Å². The zero-order valence-electron chi connectivity index (χ0n) is 13.9. The normalized spacial score (nSPS) is 24.9. The van der Waals surface area contributed by atoms with Crippen LogP contribution in [0.25, 0.3) is 0 Å². The minimum Gasteiger partial charge on any atom is -0.376 e. The van der Waals surface area contributed by atoms with Crippen LogP contribution in [0.3, 0.4) is 0 Å². The van der Waals surface area contributed by atoms with E-state index in [9.17, 15) is 9.18 Å². The Morgan fingerprint density at radius 3 is 3.12 bits per heavy atom. The third-order valence-electron chi connectivity index (χ3n) is 4.52. The van der Waals surface area contributed by atoms with Crippen LogP contribution in [0, 0.1) is 5.82 Å². The van der Waals surface area contributed by atoms with Crippen LogP contribution in [0.1, 0.15) is 44.2 Å². The second kappa shape index (κ2) is 8.32. The van der Waals surface area contributed by atoms with Crippen molar-refractivity contribution in [2.75, 3.05) is 19.0 Å². The lowest BCUT2D eigenvalue weighted by Crippen LogP contribution is -2.39. The summed E-state index contributed by atoms with van der Waals surface area (Å²) in [6.07, 6.45) is 3.59. The molecule has 2 aliphatic rings. The quantitative estimate of drug-likeness (QED) is 0.881. The molecule has 1 aromatic carbocycles. The number of amides is 1. The van der Waals surface area contributed by atoms with Crippen molar-refractivity contribution >= 4 is 17.7 Å². The third-order valence-corrected chi connectivity index (χ3v) is 5.68. The minimum absolute atomic E-state index is 0.0925. The lowest BCUT2D eigenvalue weighted by Gasteiger charge is -2.28. The highest BCUT2D eigenvalue weighted by molar-refractivity contribution is 7.99. The molecule has 0 spiro atoms. The SMILES string of the molecule is C[C@H](OC[C@H]1CCCCO1)C(=O)N[C@@H]1CCSc2c(F)cccc21. The summed E-state index contributed by atoms with van der Waals surface area (Å²) in [7, 11) is 0. The molecule has 1 amide bonds. The van der Waals surface area contributed by atoms with E-state index in [1.807, 2.05) is 6.07 Å². The Morgan fingerprint density at radius 1 is 1.46 bits per heavy atom. The summed E-state index contributed by atoms with van der Waals surface area (Å²) in [5, 5.41) is 3.01. The van der Waals surface area contributed by atoms with Gasteiger partial charge in [0.2, 0.25) is 5.91 Å². The van der Waals surface area contributed by atoms with E-state index in [0.29, 0.717) is 11.5 Å². The van der Waals surface area contributed by atoms with Crippen molar-refractivity contribution in [3.63, 3.8) is 0 Å². The molecule has 0 radical (unpaired) electrons. The molecule has 1 N–H and O–H groups in total. The number of rotatable bonds is 5. The van der Waals surface area contributed by atoms with E-state index >= 15 is 0 Å². The van der Waals surface area contributed by atoms with Crippen molar-refractivity contribution in [1.82, 2.24) is 5.32 Å². The van der Waals surface area contributed by atoms with Crippen molar-refractivity contribution in [1.29, 1.82) is 0 Å². The molecular formula is C18H24FNO3S. The smallest absolute Gasteiger partial charge is 0.249 e. The molecule has 1 fully saturated rings. The molecule has 0 unspecified atom stereocenters. The highest BCUT2D eigenvalue weighted by atomic mass is 32.2. The van der Waals surface area contributed by atoms with Gasteiger partial charge < -0.3 is 14.8 Å². The summed E-state index contributed by atoms with van der Waals surface area (Å²) >= 11 is 1.51. The average molecular weight is 353 g/mol. The van der Waals surface area contributed by atoms with Crippen LogP contribution >= 0.6 is 11.8 Å². The summed E-state index contributed by atoms with van der Waals surface area (Å²) in [6.45, 7) is 2.97. The second-order valence-corrected chi connectivity index (χ2v) is 7.43. The van der Waals surface area contributed by atoms with Crippen LogP contribution in [-0.2, 0) is 14.3 Å². The number of thioether (sulfide) groups is 1. The number of benzene rings is 1. The maximum atomic E-state index is 13.9. The number of fused-ring (bicyclic) bond motifs is 1. The first kappa shape index (κ1) is 17.7. The molecule has 3 atom stereocenters. The van der Waals surface area contributed by atoms with Crippen LogP contribution in [0.4, 0.5) is 4.39 Å². The number of carbonyl (C=O) groups is 1. The molecule has 6 heteroatoms. The Hall–Kier alpha value is -1.11. The van der Waals surface area contributed by atoms with Gasteiger partial charge in [0.1, 0.15) is 11.9 Å². The van der Waals surface area contributed by atoms with Crippen molar-refractivity contribution < 1.29 is 18.7 Å². The average Bonchev–Trinajstić information content (AvgIpc) is 2.61. The van der Waals surface area contributed by atoms with E-state index in [1.165, 1.54) is 17.8 Å². The first-order valence-corrected chi connectivity index (χ1v) is 9.58. The van der Waals surface area contributed by atoms with Crippen molar-refractivity contribution in [3.8, 4) is 0 Å². The number of hydrogen-bond acceptors (Lipinski definition) is 4. The van der Waals surface area contributed by atoms with Crippen molar-refractivity contribution in [2.24, 2.45) is 0 Å². The fraction of sp³-hybridized carbons (Fsp3) is 0.611. The maximum Gasteiger partial charge on any atom is 0.249 e. The Balaban J connectivity index is 1.54. The molecule has 2 aliphatic heterocycles. The molecule has 2 heterocycles. The van der Waals surface area contributed by atoms with Crippen LogP contribution in [0.5, 0.6) is 0 Å². The Kier molecular flexibility index (Phi) is 6.14. The second-order valence-electron chi connectivity index (χ2n) is 6.32. The zero-order valence-corrected chi connectivity index (χ0v) is 14.7. The largest absolute Gasteiger partial charge is 0.376 e. The summed E-state index contributed by atoms with van der Waals surface area (Å²) in [6, 6.07) is 4.89. The summed E-state index contributed by atoms with van der Waals surface area (Å²) < 4.78 is 25.2. The molecule has 1 aromatic rings. The van der Waals surface area contributed by atoms with E-state index in [1.54, 1.807) is 13.0 Å². The van der Waals surface area contributed by atoms with Gasteiger partial charge in [-0.25, -0.2) is 4.39 Å². The summed E-state index contributed by atoms with van der Waals surface area (Å²) in [4.78, 5) is 13.1. The highest BCUT2D eigenvalue weighted by Crippen LogP contribution is 2.37. The van der Waals surface area contributed by atoms with Crippen LogP contribution in [-0.4, -0.2) is 37.1 Å². The predicted molar refractivity (Wildman–Crippen MR) is 91.6 cm³/mol. The van der Waals surface area contributed by atoms with E-state index in [0.717, 1.165) is 43.6 Å². The van der Waals surface area contributed by atoms with Crippen LogP contribution in [0.15, 0.2) is 23.1 Å². The highest BCUT2D eigenvalue weighted by Gasteiger charge is 2.26. The third kappa shape index (κ3) is 4.29. The van der Waals surface area contributed by atoms with Gasteiger partial charge in [-0.3, -0.25) is 4.79 Å². The molecule has 0 aliphatic carbocycles. The van der Waals surface area contributed by atoms with Gasteiger partial charge in [0.15, 0.2) is 0 Å². The lowest BCUT2D eigenvalue weighted by atomic mass is 10.0. The molecule has 1 saturated heterocycles. The summed E-state index contributed by atoms with van der Waals surface area (Å²) in [5.41, 5.74) is 0.863. The number of hydrogen-bond donors (Lipinski definition) is 1. The van der Waals surface area contributed by atoms with Gasteiger partial charge in [0.05, 0.1) is 18.8 Å². The van der Waals surface area contributed by atoms with Crippen molar-refractivity contribution in [2.45, 2.75) is 55.8 Å². The van der Waals surface area contributed by atoms with Gasteiger partial charge in [-0.15, -0.1) is 11.8 Å². The van der Waals surface area contributed by atoms with Crippen LogP contribution in [0.2, 0.25) is 0 Å². The Morgan fingerprint density at radius 2 is 2.33 bits per heavy atom. The summed E-state index contributed by atoms with van der Waals surface area (Å²) in [5.74, 6) is 0.428. The van der Waals surface area contributed by atoms with E-state index < -0.39 is 6.10 Å². The first-order chi connectivity index (χ1) is 11.6. The van der Waals surface area contributed by atoms with Crippen LogP contribution < -0.4 is 5.32 Å². The van der Waals surface area contributed by atoms with Gasteiger partial charge in [0, 0.05) is 17.3 Å². The van der Waals surface area contributed by atoms with Crippen molar-refractivity contribution in [3.05, 3.63) is 29.6 Å². The molecule has 132 valence electrons. The Bertz CT molecular complexity index is 577. The molecule has 0 aromatic heterocycles. The fourth-order valence-electron chi connectivity index (χ4n) is 3.09.